The smallest absolute Gasteiger partial charge is 0.276 e. The predicted octanol–water partition coefficient (Wildman–Crippen LogP) is 5.19. The van der Waals surface area contributed by atoms with Crippen molar-refractivity contribution in [3.8, 4) is 23.0 Å². The minimum absolute atomic E-state index is 0.0882. The Morgan fingerprint density at radius 2 is 1.77 bits per heavy atom. The number of carbonyl (C=O) groups is 1. The SMILES string of the molecule is COc1ccc(OCn2ccc(C(=O)Nc3cc(Oc4cccc(C)c4)cc([N+](=O)[O-])c3)n2)cc1. The molecule has 0 spiro atoms. The number of nitrogens with zero attached hydrogens (tertiary/aromatic N) is 3. The van der Waals surface area contributed by atoms with Gasteiger partial charge in [0.25, 0.3) is 11.6 Å². The summed E-state index contributed by atoms with van der Waals surface area (Å²) in [6, 6.07) is 19.9. The number of methoxy groups -OCH3 is 1. The van der Waals surface area contributed by atoms with E-state index in [4.69, 9.17) is 14.2 Å². The lowest BCUT2D eigenvalue weighted by Crippen LogP contribution is -2.14. The summed E-state index contributed by atoms with van der Waals surface area (Å²) in [6.45, 7) is 2.00. The first-order valence-electron chi connectivity index (χ1n) is 10.6. The fraction of sp³-hybridized carbons (Fsp3) is 0.120. The summed E-state index contributed by atoms with van der Waals surface area (Å²) < 4.78 is 18.0. The van der Waals surface area contributed by atoms with Crippen LogP contribution in [0.2, 0.25) is 0 Å². The number of ether oxygens (including phenoxy) is 3. The Morgan fingerprint density at radius 1 is 1.00 bits per heavy atom. The molecule has 0 radical (unpaired) electrons. The Kier molecular flexibility index (Phi) is 6.91. The molecule has 4 rings (SSSR count). The second-order valence-electron chi connectivity index (χ2n) is 7.53. The molecule has 0 fully saturated rings. The maximum Gasteiger partial charge on any atom is 0.276 e. The Labute approximate surface area is 200 Å². The molecule has 35 heavy (non-hydrogen) atoms. The van der Waals surface area contributed by atoms with E-state index in [2.05, 4.69) is 10.4 Å². The van der Waals surface area contributed by atoms with Gasteiger partial charge >= 0.3 is 0 Å². The van der Waals surface area contributed by atoms with E-state index < -0.39 is 10.8 Å². The van der Waals surface area contributed by atoms with Crippen molar-refractivity contribution in [2.45, 2.75) is 13.7 Å². The van der Waals surface area contributed by atoms with Crippen molar-refractivity contribution in [2.75, 3.05) is 12.4 Å². The molecule has 3 aromatic carbocycles. The topological polar surface area (TPSA) is 118 Å². The molecule has 0 saturated heterocycles. The zero-order valence-electron chi connectivity index (χ0n) is 19.0. The minimum Gasteiger partial charge on any atom is -0.497 e. The van der Waals surface area contributed by atoms with E-state index in [1.165, 1.54) is 28.9 Å². The number of non-ortho nitro benzene ring substituents is 1. The van der Waals surface area contributed by atoms with Gasteiger partial charge in [0, 0.05) is 18.3 Å². The zero-order valence-corrected chi connectivity index (χ0v) is 19.0. The average Bonchev–Trinajstić information content (AvgIpc) is 3.32. The Morgan fingerprint density at radius 3 is 2.49 bits per heavy atom. The van der Waals surface area contributed by atoms with Crippen LogP contribution in [0.25, 0.3) is 0 Å². The standard InChI is InChI=1S/C25H22N4O6/c1-17-4-3-5-22(12-17)35-23-14-18(13-19(15-23)29(31)32)26-25(30)24-10-11-28(27-24)16-34-21-8-6-20(33-2)7-9-21/h3-15H,16H2,1-2H3,(H,26,30). The Bertz CT molecular complexity index is 1350. The van der Waals surface area contributed by atoms with Gasteiger partial charge in [-0.15, -0.1) is 0 Å². The molecule has 0 unspecified atom stereocenters. The van der Waals surface area contributed by atoms with E-state index >= 15 is 0 Å². The number of nitro benzene ring substituents is 1. The summed E-state index contributed by atoms with van der Waals surface area (Å²) in [5, 5.41) is 18.2. The van der Waals surface area contributed by atoms with Gasteiger partial charge < -0.3 is 19.5 Å². The largest absolute Gasteiger partial charge is 0.497 e. The van der Waals surface area contributed by atoms with Crippen LogP contribution < -0.4 is 19.5 Å². The number of amides is 1. The molecule has 1 N–H and O–H groups in total. The number of nitrogens with one attached hydrogen (secondary N) is 1. The molecule has 0 aliphatic heterocycles. The number of aromatic nitrogens is 2. The van der Waals surface area contributed by atoms with E-state index in [0.29, 0.717) is 17.2 Å². The summed E-state index contributed by atoms with van der Waals surface area (Å²) in [4.78, 5) is 23.6. The van der Waals surface area contributed by atoms with Crippen molar-refractivity contribution in [1.29, 1.82) is 0 Å². The fourth-order valence-electron chi connectivity index (χ4n) is 3.20. The number of rotatable bonds is 9. The number of benzene rings is 3. The summed E-state index contributed by atoms with van der Waals surface area (Å²) in [6.07, 6.45) is 1.60. The first-order chi connectivity index (χ1) is 16.9. The Hall–Kier alpha value is -4.86. The molecule has 1 aromatic heterocycles. The minimum atomic E-state index is -0.552. The number of nitro groups is 1. The van der Waals surface area contributed by atoms with E-state index in [9.17, 15) is 14.9 Å². The van der Waals surface area contributed by atoms with Crippen molar-refractivity contribution >= 4 is 17.3 Å². The van der Waals surface area contributed by atoms with Crippen molar-refractivity contribution in [1.82, 2.24) is 9.78 Å². The van der Waals surface area contributed by atoms with Crippen LogP contribution in [0.15, 0.2) is 79.0 Å². The maximum absolute atomic E-state index is 12.7. The zero-order chi connectivity index (χ0) is 24.8. The third kappa shape index (κ3) is 6.14. The Balaban J connectivity index is 1.44. The molecule has 1 heterocycles. The quantitative estimate of drug-likeness (QED) is 0.262. The highest BCUT2D eigenvalue weighted by atomic mass is 16.6. The van der Waals surface area contributed by atoms with E-state index in [0.717, 1.165) is 5.56 Å². The second-order valence-corrected chi connectivity index (χ2v) is 7.53. The molecule has 1 amide bonds. The highest BCUT2D eigenvalue weighted by Crippen LogP contribution is 2.30. The molecule has 10 nitrogen and oxygen atoms in total. The first kappa shape index (κ1) is 23.3. The van der Waals surface area contributed by atoms with Crippen LogP contribution in [-0.2, 0) is 6.73 Å². The van der Waals surface area contributed by atoms with Crippen molar-refractivity contribution < 1.29 is 23.9 Å². The normalized spacial score (nSPS) is 10.5. The van der Waals surface area contributed by atoms with Crippen molar-refractivity contribution in [2.24, 2.45) is 0 Å². The van der Waals surface area contributed by atoms with E-state index in [1.807, 2.05) is 19.1 Å². The molecule has 10 heteroatoms. The van der Waals surface area contributed by atoms with Gasteiger partial charge in [0.05, 0.1) is 23.8 Å². The van der Waals surface area contributed by atoms with Gasteiger partial charge in [-0.05, 0) is 55.0 Å². The van der Waals surface area contributed by atoms with Crippen LogP contribution in [0.4, 0.5) is 11.4 Å². The number of hydrogen-bond donors (Lipinski definition) is 1. The van der Waals surface area contributed by atoms with E-state index in [1.54, 1.807) is 49.7 Å². The lowest BCUT2D eigenvalue weighted by atomic mass is 10.2. The molecular weight excluding hydrogens is 452 g/mol. The van der Waals surface area contributed by atoms with Gasteiger partial charge in [-0.2, -0.15) is 5.10 Å². The lowest BCUT2D eigenvalue weighted by molar-refractivity contribution is -0.384. The van der Waals surface area contributed by atoms with Crippen molar-refractivity contribution in [3.63, 3.8) is 0 Å². The van der Waals surface area contributed by atoms with Gasteiger partial charge in [0.15, 0.2) is 12.4 Å². The van der Waals surface area contributed by atoms with Crippen LogP contribution in [-0.4, -0.2) is 27.7 Å². The lowest BCUT2D eigenvalue weighted by Gasteiger charge is -2.09. The van der Waals surface area contributed by atoms with Crippen LogP contribution in [0, 0.1) is 17.0 Å². The van der Waals surface area contributed by atoms with Gasteiger partial charge in [-0.25, -0.2) is 4.68 Å². The third-order valence-electron chi connectivity index (χ3n) is 4.88. The third-order valence-corrected chi connectivity index (χ3v) is 4.88. The van der Waals surface area contributed by atoms with Crippen LogP contribution >= 0.6 is 0 Å². The summed E-state index contributed by atoms with van der Waals surface area (Å²) in [5.74, 6) is 1.54. The molecule has 0 atom stereocenters. The molecule has 0 bridgehead atoms. The molecule has 0 saturated carbocycles. The maximum atomic E-state index is 12.7. The molecular formula is C25H22N4O6. The van der Waals surface area contributed by atoms with Crippen LogP contribution in [0.1, 0.15) is 16.1 Å². The van der Waals surface area contributed by atoms with Gasteiger partial charge in [0.2, 0.25) is 0 Å². The predicted molar refractivity (Wildman–Crippen MR) is 128 cm³/mol. The van der Waals surface area contributed by atoms with Gasteiger partial charge in [-0.3, -0.25) is 14.9 Å². The molecule has 4 aromatic rings. The summed E-state index contributed by atoms with van der Waals surface area (Å²) in [5.41, 5.74) is 1.09. The molecule has 0 aliphatic rings. The number of carbonyl (C=O) groups excluding carboxylic acids is 1. The highest BCUT2D eigenvalue weighted by molar-refractivity contribution is 6.03. The van der Waals surface area contributed by atoms with Gasteiger partial charge in [-0.1, -0.05) is 12.1 Å². The summed E-state index contributed by atoms with van der Waals surface area (Å²) in [7, 11) is 1.58. The fourth-order valence-corrected chi connectivity index (χ4v) is 3.20. The second kappa shape index (κ2) is 10.4. The number of hydrogen-bond acceptors (Lipinski definition) is 7. The highest BCUT2D eigenvalue weighted by Gasteiger charge is 2.16. The molecule has 178 valence electrons. The van der Waals surface area contributed by atoms with Crippen LogP contribution in [0.5, 0.6) is 23.0 Å². The summed E-state index contributed by atoms with van der Waals surface area (Å²) >= 11 is 0. The number of aryl methyl sites for hydroxylation is 1. The monoisotopic (exact) mass is 474 g/mol. The average molecular weight is 474 g/mol. The van der Waals surface area contributed by atoms with Crippen molar-refractivity contribution in [3.05, 3.63) is 100 Å². The van der Waals surface area contributed by atoms with E-state index in [-0.39, 0.29) is 29.5 Å². The number of anilines is 1. The molecule has 0 aliphatic carbocycles. The van der Waals surface area contributed by atoms with Gasteiger partial charge in [0.1, 0.15) is 23.0 Å². The van der Waals surface area contributed by atoms with Crippen LogP contribution in [0.3, 0.4) is 0 Å². The first-order valence-corrected chi connectivity index (χ1v) is 10.6.